The van der Waals surface area contributed by atoms with Crippen LogP contribution in [0.2, 0.25) is 0 Å². The van der Waals surface area contributed by atoms with E-state index in [0.717, 1.165) is 5.75 Å². The Hall–Kier alpha value is -2.08. The van der Waals surface area contributed by atoms with Gasteiger partial charge in [0, 0.05) is 31.7 Å². The fraction of sp³-hybridized carbons (Fsp3) is 0.467. The molecule has 1 atom stereocenters. The summed E-state index contributed by atoms with van der Waals surface area (Å²) in [7, 11) is 1.59. The van der Waals surface area contributed by atoms with Crippen LogP contribution in [0, 0.1) is 0 Å². The van der Waals surface area contributed by atoms with Gasteiger partial charge in [0.25, 0.3) is 5.91 Å². The molecule has 1 fully saturated rings. The second-order valence-corrected chi connectivity index (χ2v) is 5.13. The normalized spacial score (nSPS) is 16.5. The number of ether oxygens (including phenoxy) is 1. The Labute approximate surface area is 124 Å². The van der Waals surface area contributed by atoms with Gasteiger partial charge in [0.1, 0.15) is 5.75 Å². The minimum atomic E-state index is -0.492. The van der Waals surface area contributed by atoms with Gasteiger partial charge in [0.2, 0.25) is 5.91 Å². The molecule has 6 nitrogen and oxygen atoms in total. The molecule has 2 amide bonds. The number of rotatable bonds is 3. The van der Waals surface area contributed by atoms with E-state index in [9.17, 15) is 9.59 Å². The summed E-state index contributed by atoms with van der Waals surface area (Å²) in [4.78, 5) is 27.6. The lowest BCUT2D eigenvalue weighted by atomic mass is 10.1. The van der Waals surface area contributed by atoms with Crippen molar-refractivity contribution in [1.82, 2.24) is 9.80 Å². The summed E-state index contributed by atoms with van der Waals surface area (Å²) in [5.74, 6) is 0.635. The van der Waals surface area contributed by atoms with Crippen LogP contribution in [-0.4, -0.2) is 60.9 Å². The monoisotopic (exact) mass is 291 g/mol. The summed E-state index contributed by atoms with van der Waals surface area (Å²) in [6.07, 6.45) is 0. The van der Waals surface area contributed by atoms with Crippen LogP contribution in [0.1, 0.15) is 17.3 Å². The van der Waals surface area contributed by atoms with Crippen LogP contribution in [0.5, 0.6) is 5.75 Å². The molecule has 114 valence electrons. The minimum Gasteiger partial charge on any atom is -0.497 e. The highest BCUT2D eigenvalue weighted by Gasteiger charge is 2.26. The van der Waals surface area contributed by atoms with Gasteiger partial charge in [-0.1, -0.05) is 0 Å². The van der Waals surface area contributed by atoms with Gasteiger partial charge < -0.3 is 20.3 Å². The first-order chi connectivity index (χ1) is 10.0. The summed E-state index contributed by atoms with van der Waals surface area (Å²) in [5, 5.41) is 0. The van der Waals surface area contributed by atoms with E-state index < -0.39 is 6.04 Å². The first kappa shape index (κ1) is 15.3. The van der Waals surface area contributed by atoms with Crippen LogP contribution >= 0.6 is 0 Å². The SMILES string of the molecule is COc1ccc(C(=O)N2CCN(C(=O)[C@@H](C)N)CC2)cc1. The van der Waals surface area contributed by atoms with Gasteiger partial charge in [0.05, 0.1) is 13.2 Å². The second kappa shape index (κ2) is 6.58. The Bertz CT molecular complexity index is 505. The number of amides is 2. The molecule has 2 N–H and O–H groups in total. The fourth-order valence-corrected chi connectivity index (χ4v) is 2.33. The quantitative estimate of drug-likeness (QED) is 0.870. The van der Waals surface area contributed by atoms with Crippen molar-refractivity contribution in [3.8, 4) is 5.75 Å². The summed E-state index contributed by atoms with van der Waals surface area (Å²) in [6, 6.07) is 6.54. The predicted molar refractivity (Wildman–Crippen MR) is 79.1 cm³/mol. The molecule has 0 saturated carbocycles. The molecular weight excluding hydrogens is 270 g/mol. The van der Waals surface area contributed by atoms with E-state index in [1.165, 1.54) is 0 Å². The zero-order valence-corrected chi connectivity index (χ0v) is 12.4. The van der Waals surface area contributed by atoms with E-state index >= 15 is 0 Å². The number of carbonyl (C=O) groups is 2. The third-order valence-electron chi connectivity index (χ3n) is 3.61. The molecule has 1 aromatic carbocycles. The van der Waals surface area contributed by atoms with Crippen molar-refractivity contribution in [2.45, 2.75) is 13.0 Å². The topological polar surface area (TPSA) is 75.9 Å². The lowest BCUT2D eigenvalue weighted by Gasteiger charge is -2.35. The van der Waals surface area contributed by atoms with E-state index in [2.05, 4.69) is 0 Å². The Morgan fingerprint density at radius 1 is 1.10 bits per heavy atom. The van der Waals surface area contributed by atoms with Gasteiger partial charge in [0.15, 0.2) is 0 Å². The number of nitrogens with zero attached hydrogens (tertiary/aromatic N) is 2. The molecule has 21 heavy (non-hydrogen) atoms. The third-order valence-corrected chi connectivity index (χ3v) is 3.61. The standard InChI is InChI=1S/C15H21N3O3/c1-11(16)14(19)17-7-9-18(10-8-17)15(20)12-3-5-13(21-2)6-4-12/h3-6,11H,7-10,16H2,1-2H3/t11-/m1/s1. The highest BCUT2D eigenvalue weighted by atomic mass is 16.5. The molecule has 1 heterocycles. The summed E-state index contributed by atoms with van der Waals surface area (Å²) < 4.78 is 5.08. The number of nitrogens with two attached hydrogens (primary N) is 1. The van der Waals surface area contributed by atoms with Crippen molar-refractivity contribution in [2.75, 3.05) is 33.3 Å². The average Bonchev–Trinajstić information content (AvgIpc) is 2.53. The van der Waals surface area contributed by atoms with Gasteiger partial charge >= 0.3 is 0 Å². The average molecular weight is 291 g/mol. The number of benzene rings is 1. The van der Waals surface area contributed by atoms with Crippen molar-refractivity contribution in [3.05, 3.63) is 29.8 Å². The Morgan fingerprint density at radius 3 is 2.10 bits per heavy atom. The van der Waals surface area contributed by atoms with Crippen molar-refractivity contribution >= 4 is 11.8 Å². The van der Waals surface area contributed by atoms with Gasteiger partial charge in [-0.05, 0) is 31.2 Å². The maximum absolute atomic E-state index is 12.4. The van der Waals surface area contributed by atoms with Gasteiger partial charge in [-0.3, -0.25) is 9.59 Å². The summed E-state index contributed by atoms with van der Waals surface area (Å²) in [6.45, 7) is 3.80. The number of hydrogen-bond acceptors (Lipinski definition) is 4. The molecule has 2 rings (SSSR count). The first-order valence-corrected chi connectivity index (χ1v) is 7.00. The predicted octanol–water partition coefficient (Wildman–Crippen LogP) is 0.327. The molecule has 0 spiro atoms. The highest BCUT2D eigenvalue weighted by molar-refractivity contribution is 5.94. The van der Waals surface area contributed by atoms with E-state index in [1.807, 2.05) is 0 Å². The van der Waals surface area contributed by atoms with Crippen LogP contribution in [0.3, 0.4) is 0 Å². The zero-order chi connectivity index (χ0) is 15.4. The molecule has 1 aliphatic heterocycles. The maximum Gasteiger partial charge on any atom is 0.253 e. The lowest BCUT2D eigenvalue weighted by Crippen LogP contribution is -2.53. The molecule has 0 aromatic heterocycles. The molecule has 0 unspecified atom stereocenters. The fourth-order valence-electron chi connectivity index (χ4n) is 2.33. The minimum absolute atomic E-state index is 0.0226. The van der Waals surface area contributed by atoms with E-state index in [-0.39, 0.29) is 11.8 Å². The molecule has 1 aromatic rings. The van der Waals surface area contributed by atoms with Gasteiger partial charge in [-0.15, -0.1) is 0 Å². The van der Waals surface area contributed by atoms with E-state index in [4.69, 9.17) is 10.5 Å². The Morgan fingerprint density at radius 2 is 1.62 bits per heavy atom. The zero-order valence-electron chi connectivity index (χ0n) is 12.4. The van der Waals surface area contributed by atoms with Crippen LogP contribution in [0.4, 0.5) is 0 Å². The van der Waals surface area contributed by atoms with Crippen LogP contribution in [0.25, 0.3) is 0 Å². The molecule has 0 aliphatic carbocycles. The Kier molecular flexibility index (Phi) is 4.80. The van der Waals surface area contributed by atoms with Crippen molar-refractivity contribution in [2.24, 2.45) is 5.73 Å². The van der Waals surface area contributed by atoms with Crippen molar-refractivity contribution in [3.63, 3.8) is 0 Å². The van der Waals surface area contributed by atoms with Crippen LogP contribution < -0.4 is 10.5 Å². The lowest BCUT2D eigenvalue weighted by molar-refractivity contribution is -0.133. The smallest absolute Gasteiger partial charge is 0.253 e. The number of piperazine rings is 1. The molecule has 1 aliphatic rings. The summed E-state index contributed by atoms with van der Waals surface area (Å²) in [5.41, 5.74) is 6.22. The van der Waals surface area contributed by atoms with Crippen molar-refractivity contribution in [1.29, 1.82) is 0 Å². The van der Waals surface area contributed by atoms with Gasteiger partial charge in [-0.2, -0.15) is 0 Å². The summed E-state index contributed by atoms with van der Waals surface area (Å²) >= 11 is 0. The second-order valence-electron chi connectivity index (χ2n) is 5.13. The molecular formula is C15H21N3O3. The number of hydrogen-bond donors (Lipinski definition) is 1. The number of methoxy groups -OCH3 is 1. The van der Waals surface area contributed by atoms with Crippen molar-refractivity contribution < 1.29 is 14.3 Å². The maximum atomic E-state index is 12.4. The molecule has 1 saturated heterocycles. The number of carbonyl (C=O) groups excluding carboxylic acids is 2. The van der Waals surface area contributed by atoms with E-state index in [0.29, 0.717) is 31.7 Å². The molecule has 6 heteroatoms. The highest BCUT2D eigenvalue weighted by Crippen LogP contribution is 2.14. The van der Waals surface area contributed by atoms with Crippen LogP contribution in [0.15, 0.2) is 24.3 Å². The molecule has 0 radical (unpaired) electrons. The van der Waals surface area contributed by atoms with Crippen LogP contribution in [-0.2, 0) is 4.79 Å². The Balaban J connectivity index is 1.95. The van der Waals surface area contributed by atoms with E-state index in [1.54, 1.807) is 48.1 Å². The third kappa shape index (κ3) is 3.52. The first-order valence-electron chi connectivity index (χ1n) is 7.00. The van der Waals surface area contributed by atoms with Gasteiger partial charge in [-0.25, -0.2) is 0 Å². The largest absolute Gasteiger partial charge is 0.497 e. The molecule has 0 bridgehead atoms.